The average Bonchev–Trinajstić information content (AvgIpc) is 2.99. The summed E-state index contributed by atoms with van der Waals surface area (Å²) in [5.74, 6) is 4.44. The van der Waals surface area contributed by atoms with Crippen molar-refractivity contribution in [3.8, 4) is 0 Å². The van der Waals surface area contributed by atoms with Crippen LogP contribution in [-0.4, -0.2) is 0 Å². The summed E-state index contributed by atoms with van der Waals surface area (Å²) in [7, 11) is 0. The van der Waals surface area contributed by atoms with Crippen LogP contribution in [0.2, 0.25) is 0 Å². The van der Waals surface area contributed by atoms with Gasteiger partial charge in [-0.1, -0.05) is 25.0 Å². The number of allylic oxidation sites excluding steroid dienone is 2. The summed E-state index contributed by atoms with van der Waals surface area (Å²) in [4.78, 5) is 0. The van der Waals surface area contributed by atoms with Crippen molar-refractivity contribution in [2.24, 2.45) is 34.5 Å². The predicted octanol–water partition coefficient (Wildman–Crippen LogP) is 5.34. The number of hydrogen-bond acceptors (Lipinski definition) is 0. The fourth-order valence-corrected chi connectivity index (χ4v) is 7.37. The molecule has 0 bridgehead atoms. The number of hydrogen-bond donors (Lipinski definition) is 0. The van der Waals surface area contributed by atoms with Crippen LogP contribution in [0.1, 0.15) is 71.1 Å². The first-order valence-corrected chi connectivity index (χ1v) is 8.94. The minimum Gasteiger partial charge on any atom is -0.0845 e. The van der Waals surface area contributed by atoms with Crippen LogP contribution in [0.25, 0.3) is 0 Å². The van der Waals surface area contributed by atoms with Crippen LogP contribution >= 0.6 is 0 Å². The molecule has 0 aromatic heterocycles. The SMILES string of the molecule is CC12CCCCC1=CCC1C2CCC23CC2CCC13. The molecule has 0 amide bonds. The van der Waals surface area contributed by atoms with Gasteiger partial charge < -0.3 is 0 Å². The van der Waals surface area contributed by atoms with Crippen LogP contribution < -0.4 is 0 Å². The van der Waals surface area contributed by atoms with Gasteiger partial charge in [0.2, 0.25) is 0 Å². The van der Waals surface area contributed by atoms with E-state index in [1.165, 1.54) is 38.0 Å². The van der Waals surface area contributed by atoms with E-state index in [4.69, 9.17) is 0 Å². The zero-order valence-corrected chi connectivity index (χ0v) is 12.5. The summed E-state index contributed by atoms with van der Waals surface area (Å²) < 4.78 is 0. The fraction of sp³-hybridized carbons (Fsp3) is 0.895. The van der Waals surface area contributed by atoms with E-state index < -0.39 is 0 Å². The lowest BCUT2D eigenvalue weighted by Crippen LogP contribution is -2.46. The van der Waals surface area contributed by atoms with E-state index in [1.807, 2.05) is 5.57 Å². The molecule has 5 aliphatic rings. The van der Waals surface area contributed by atoms with Crippen molar-refractivity contribution in [2.75, 3.05) is 0 Å². The topological polar surface area (TPSA) is 0 Å². The van der Waals surface area contributed by atoms with Crippen LogP contribution in [-0.2, 0) is 0 Å². The molecule has 0 heterocycles. The van der Waals surface area contributed by atoms with Crippen LogP contribution in [0.15, 0.2) is 11.6 Å². The lowest BCUT2D eigenvalue weighted by atomic mass is 9.50. The second-order valence-electron chi connectivity index (χ2n) is 8.72. The van der Waals surface area contributed by atoms with Crippen molar-refractivity contribution in [3.63, 3.8) is 0 Å². The minimum absolute atomic E-state index is 0.621. The van der Waals surface area contributed by atoms with Crippen LogP contribution in [0.4, 0.5) is 0 Å². The summed E-state index contributed by atoms with van der Waals surface area (Å²) in [6, 6.07) is 0. The molecule has 4 fully saturated rings. The van der Waals surface area contributed by atoms with Gasteiger partial charge in [0.15, 0.2) is 0 Å². The third kappa shape index (κ3) is 1.27. The highest BCUT2D eigenvalue weighted by molar-refractivity contribution is 5.26. The molecule has 0 aromatic carbocycles. The highest BCUT2D eigenvalue weighted by atomic mass is 14.7. The Morgan fingerprint density at radius 2 is 2.00 bits per heavy atom. The van der Waals surface area contributed by atoms with Crippen molar-refractivity contribution < 1.29 is 0 Å². The van der Waals surface area contributed by atoms with Gasteiger partial charge in [0, 0.05) is 0 Å². The van der Waals surface area contributed by atoms with Crippen molar-refractivity contribution in [1.82, 2.24) is 0 Å². The Bertz CT molecular complexity index is 447. The van der Waals surface area contributed by atoms with E-state index in [-0.39, 0.29) is 0 Å². The molecule has 0 aliphatic heterocycles. The number of rotatable bonds is 0. The molecule has 0 aromatic rings. The summed E-state index contributed by atoms with van der Waals surface area (Å²) in [5.41, 5.74) is 3.38. The average molecular weight is 256 g/mol. The molecule has 6 atom stereocenters. The smallest absolute Gasteiger partial charge is 0.00853 e. The van der Waals surface area contributed by atoms with E-state index in [0.717, 1.165) is 23.2 Å². The van der Waals surface area contributed by atoms with E-state index in [1.54, 1.807) is 32.1 Å². The van der Waals surface area contributed by atoms with Crippen molar-refractivity contribution in [1.29, 1.82) is 0 Å². The Hall–Kier alpha value is -0.260. The van der Waals surface area contributed by atoms with Gasteiger partial charge in [-0.25, -0.2) is 0 Å². The molecule has 0 heteroatoms. The first-order valence-electron chi connectivity index (χ1n) is 8.94. The maximum atomic E-state index is 2.72. The van der Waals surface area contributed by atoms with E-state index in [0.29, 0.717) is 5.41 Å². The largest absolute Gasteiger partial charge is 0.0845 e. The molecule has 5 aliphatic carbocycles. The van der Waals surface area contributed by atoms with Crippen LogP contribution in [0.3, 0.4) is 0 Å². The van der Waals surface area contributed by atoms with Crippen LogP contribution in [0, 0.1) is 34.5 Å². The summed E-state index contributed by atoms with van der Waals surface area (Å²) in [5, 5.41) is 0. The Labute approximate surface area is 118 Å². The molecule has 104 valence electrons. The number of fused-ring (bicyclic) bond motifs is 4. The lowest BCUT2D eigenvalue weighted by molar-refractivity contribution is -0.00162. The van der Waals surface area contributed by atoms with E-state index in [9.17, 15) is 0 Å². The summed E-state index contributed by atoms with van der Waals surface area (Å²) >= 11 is 0. The van der Waals surface area contributed by atoms with Gasteiger partial charge in [-0.05, 0) is 92.3 Å². The maximum Gasteiger partial charge on any atom is -0.00853 e. The predicted molar refractivity (Wildman–Crippen MR) is 78.8 cm³/mol. The Morgan fingerprint density at radius 1 is 1.05 bits per heavy atom. The Kier molecular flexibility index (Phi) is 2.10. The lowest BCUT2D eigenvalue weighted by Gasteiger charge is -2.55. The molecule has 4 saturated carbocycles. The van der Waals surface area contributed by atoms with Gasteiger partial charge >= 0.3 is 0 Å². The molecule has 19 heavy (non-hydrogen) atoms. The third-order valence-corrected chi connectivity index (χ3v) is 8.38. The van der Waals surface area contributed by atoms with Gasteiger partial charge in [0.1, 0.15) is 0 Å². The van der Waals surface area contributed by atoms with E-state index >= 15 is 0 Å². The molecule has 0 saturated heterocycles. The Balaban J connectivity index is 1.53. The van der Waals surface area contributed by atoms with Crippen LogP contribution in [0.5, 0.6) is 0 Å². The summed E-state index contributed by atoms with van der Waals surface area (Å²) in [6.07, 6.45) is 18.0. The van der Waals surface area contributed by atoms with Crippen molar-refractivity contribution in [2.45, 2.75) is 71.1 Å². The fourth-order valence-electron chi connectivity index (χ4n) is 7.37. The second-order valence-corrected chi connectivity index (χ2v) is 8.72. The van der Waals surface area contributed by atoms with Gasteiger partial charge in [-0.15, -0.1) is 0 Å². The second kappa shape index (κ2) is 3.49. The van der Waals surface area contributed by atoms with Gasteiger partial charge in [-0.3, -0.25) is 0 Å². The molecular formula is C19H28. The van der Waals surface area contributed by atoms with E-state index in [2.05, 4.69) is 13.0 Å². The Morgan fingerprint density at radius 3 is 2.89 bits per heavy atom. The molecule has 5 rings (SSSR count). The van der Waals surface area contributed by atoms with Crippen molar-refractivity contribution >= 4 is 0 Å². The van der Waals surface area contributed by atoms with Crippen molar-refractivity contribution in [3.05, 3.63) is 11.6 Å². The molecule has 0 N–H and O–H groups in total. The molecular weight excluding hydrogens is 228 g/mol. The summed E-state index contributed by atoms with van der Waals surface area (Å²) in [6.45, 7) is 2.64. The maximum absolute atomic E-state index is 2.72. The molecule has 0 nitrogen and oxygen atoms in total. The standard InChI is InChI=1S/C19H28/c1-18-10-3-2-4-13(18)5-7-15-16(18)9-11-19-12-14(19)6-8-17(15)19/h5,14-17H,2-4,6-12H2,1H3. The molecule has 6 unspecified atom stereocenters. The van der Waals surface area contributed by atoms with Gasteiger partial charge in [-0.2, -0.15) is 0 Å². The zero-order valence-electron chi connectivity index (χ0n) is 12.5. The minimum atomic E-state index is 0.621. The quantitative estimate of drug-likeness (QED) is 0.513. The normalized spacial score (nSPS) is 58.5. The molecule has 1 spiro atoms. The first kappa shape index (κ1) is 11.4. The highest BCUT2D eigenvalue weighted by Gasteiger charge is 2.67. The zero-order chi connectivity index (χ0) is 12.7. The first-order chi connectivity index (χ1) is 9.24. The third-order valence-electron chi connectivity index (χ3n) is 8.38. The van der Waals surface area contributed by atoms with Gasteiger partial charge in [0.05, 0.1) is 0 Å². The highest BCUT2D eigenvalue weighted by Crippen LogP contribution is 2.76. The monoisotopic (exact) mass is 256 g/mol. The van der Waals surface area contributed by atoms with Gasteiger partial charge in [0.25, 0.3) is 0 Å². The molecule has 0 radical (unpaired) electrons.